The van der Waals surface area contributed by atoms with E-state index < -0.39 is 0 Å². The highest BCUT2D eigenvalue weighted by Gasteiger charge is 2.64. The summed E-state index contributed by atoms with van der Waals surface area (Å²) < 4.78 is 0. The molecule has 0 aromatic carbocycles. The molecular weight excluding hydrogens is 224 g/mol. The summed E-state index contributed by atoms with van der Waals surface area (Å²) in [7, 11) is 0. The van der Waals surface area contributed by atoms with Gasteiger partial charge < -0.3 is 0 Å². The molecule has 0 atom stereocenters. The third-order valence-corrected chi connectivity index (χ3v) is 5.44. The van der Waals surface area contributed by atoms with Gasteiger partial charge in [-0.2, -0.15) is 0 Å². The van der Waals surface area contributed by atoms with E-state index in [4.69, 9.17) is 0 Å². The van der Waals surface area contributed by atoms with Gasteiger partial charge in [0, 0.05) is 26.2 Å². The molecule has 0 spiro atoms. The molecule has 4 saturated heterocycles. The van der Waals surface area contributed by atoms with Crippen LogP contribution in [-0.2, 0) is 4.79 Å². The Hall–Kier alpha value is -0.670. The standard InChI is InChI=1S/C15H24N2O/c1-5-6-7-15(4)16-8-13(2)9-17(15)11-14(3,10-16)12(13)18/h5H,1,6-11H2,2-4H3. The second-order valence-corrected chi connectivity index (χ2v) is 7.21. The predicted octanol–water partition coefficient (Wildman–Crippen LogP) is 1.90. The number of allylic oxidation sites excluding steroid dienone is 1. The summed E-state index contributed by atoms with van der Waals surface area (Å²) >= 11 is 0. The Morgan fingerprint density at radius 2 is 1.56 bits per heavy atom. The van der Waals surface area contributed by atoms with Crippen LogP contribution < -0.4 is 0 Å². The molecule has 4 heterocycles. The number of piperidine rings is 2. The normalized spacial score (nSPS) is 53.8. The molecule has 4 rings (SSSR count). The molecule has 0 aromatic rings. The number of ketones is 1. The van der Waals surface area contributed by atoms with E-state index in [1.807, 2.05) is 6.08 Å². The summed E-state index contributed by atoms with van der Waals surface area (Å²) in [6.07, 6.45) is 4.18. The molecule has 4 aliphatic heterocycles. The molecule has 0 aliphatic carbocycles. The van der Waals surface area contributed by atoms with Gasteiger partial charge >= 0.3 is 0 Å². The van der Waals surface area contributed by atoms with Gasteiger partial charge in [-0.25, -0.2) is 0 Å². The van der Waals surface area contributed by atoms with Crippen LogP contribution in [0.3, 0.4) is 0 Å². The zero-order chi connectivity index (χ0) is 13.2. The Kier molecular flexibility index (Phi) is 2.37. The summed E-state index contributed by atoms with van der Waals surface area (Å²) in [5.74, 6) is 0.494. The Bertz CT molecular complexity index is 375. The molecule has 0 N–H and O–H groups in total. The minimum atomic E-state index is -0.140. The van der Waals surface area contributed by atoms with Crippen molar-refractivity contribution in [3.8, 4) is 0 Å². The van der Waals surface area contributed by atoms with Gasteiger partial charge in [0.1, 0.15) is 5.78 Å². The van der Waals surface area contributed by atoms with Crippen molar-refractivity contribution in [1.29, 1.82) is 0 Å². The van der Waals surface area contributed by atoms with Gasteiger partial charge in [-0.1, -0.05) is 19.9 Å². The third kappa shape index (κ3) is 1.35. The number of carbonyl (C=O) groups is 1. The summed E-state index contributed by atoms with van der Waals surface area (Å²) in [4.78, 5) is 17.7. The summed E-state index contributed by atoms with van der Waals surface area (Å²) in [5, 5.41) is 0. The average Bonchev–Trinajstić information content (AvgIpc) is 2.28. The lowest BCUT2D eigenvalue weighted by atomic mass is 9.60. The van der Waals surface area contributed by atoms with E-state index in [2.05, 4.69) is 37.1 Å². The molecule has 18 heavy (non-hydrogen) atoms. The summed E-state index contributed by atoms with van der Waals surface area (Å²) in [5.41, 5.74) is -0.147. The van der Waals surface area contributed by atoms with Crippen LogP contribution in [0.15, 0.2) is 12.7 Å². The minimum Gasteiger partial charge on any atom is -0.298 e. The Morgan fingerprint density at radius 3 is 1.94 bits per heavy atom. The number of rotatable bonds is 3. The van der Waals surface area contributed by atoms with E-state index in [1.165, 1.54) is 0 Å². The van der Waals surface area contributed by atoms with E-state index in [-0.39, 0.29) is 16.5 Å². The van der Waals surface area contributed by atoms with Crippen molar-refractivity contribution in [1.82, 2.24) is 9.80 Å². The highest BCUT2D eigenvalue weighted by molar-refractivity contribution is 5.92. The fraction of sp³-hybridized carbons (Fsp3) is 0.800. The first-order valence-corrected chi connectivity index (χ1v) is 7.00. The molecule has 3 heteroatoms. The first kappa shape index (κ1) is 12.4. The molecule has 0 radical (unpaired) electrons. The number of hydrogen-bond donors (Lipinski definition) is 0. The first-order valence-electron chi connectivity index (χ1n) is 7.00. The molecule has 0 unspecified atom stereocenters. The van der Waals surface area contributed by atoms with E-state index >= 15 is 0 Å². The molecule has 4 bridgehead atoms. The maximum atomic E-state index is 12.6. The largest absolute Gasteiger partial charge is 0.298 e. The molecule has 100 valence electrons. The van der Waals surface area contributed by atoms with Crippen molar-refractivity contribution < 1.29 is 4.79 Å². The Balaban J connectivity index is 1.95. The molecule has 4 fully saturated rings. The van der Waals surface area contributed by atoms with E-state index in [1.54, 1.807) is 0 Å². The van der Waals surface area contributed by atoms with E-state index in [0.29, 0.717) is 5.78 Å². The fourth-order valence-electron chi connectivity index (χ4n) is 4.49. The molecule has 0 amide bonds. The lowest BCUT2D eigenvalue weighted by Crippen LogP contribution is -2.82. The molecule has 3 nitrogen and oxygen atoms in total. The number of nitrogens with zero attached hydrogens (tertiary/aromatic N) is 2. The number of carbonyl (C=O) groups excluding carboxylic acids is 1. The lowest BCUT2D eigenvalue weighted by Gasteiger charge is -2.69. The topological polar surface area (TPSA) is 23.6 Å². The van der Waals surface area contributed by atoms with Crippen LogP contribution in [0.5, 0.6) is 0 Å². The number of Topliss-reactive ketones (excluding diaryl/α,β-unsaturated/α-hetero) is 1. The van der Waals surface area contributed by atoms with Crippen LogP contribution in [0, 0.1) is 10.8 Å². The fourth-order valence-corrected chi connectivity index (χ4v) is 4.49. The van der Waals surface area contributed by atoms with E-state index in [0.717, 1.165) is 39.0 Å². The van der Waals surface area contributed by atoms with Crippen LogP contribution in [0.25, 0.3) is 0 Å². The Morgan fingerprint density at radius 1 is 1.11 bits per heavy atom. The van der Waals surface area contributed by atoms with Crippen molar-refractivity contribution in [3.05, 3.63) is 12.7 Å². The zero-order valence-electron chi connectivity index (χ0n) is 11.8. The van der Waals surface area contributed by atoms with Gasteiger partial charge in [-0.3, -0.25) is 14.6 Å². The summed E-state index contributed by atoms with van der Waals surface area (Å²) in [6.45, 7) is 14.2. The van der Waals surface area contributed by atoms with Crippen molar-refractivity contribution >= 4 is 5.78 Å². The smallest absolute Gasteiger partial charge is 0.149 e. The van der Waals surface area contributed by atoms with Crippen molar-refractivity contribution in [2.24, 2.45) is 10.8 Å². The average molecular weight is 248 g/mol. The van der Waals surface area contributed by atoms with Crippen molar-refractivity contribution in [2.75, 3.05) is 26.2 Å². The molecule has 0 saturated carbocycles. The quantitative estimate of drug-likeness (QED) is 0.713. The van der Waals surface area contributed by atoms with E-state index in [9.17, 15) is 4.79 Å². The maximum absolute atomic E-state index is 12.6. The van der Waals surface area contributed by atoms with Crippen LogP contribution in [0.2, 0.25) is 0 Å². The molecular formula is C15H24N2O. The SMILES string of the molecule is C=CCCC1(C)N2CC3(C)CN1CC(C)(C2)C3=O. The van der Waals surface area contributed by atoms with Gasteiger partial charge in [0.25, 0.3) is 0 Å². The monoisotopic (exact) mass is 248 g/mol. The molecule has 4 aliphatic rings. The van der Waals surface area contributed by atoms with Crippen LogP contribution in [0.4, 0.5) is 0 Å². The van der Waals surface area contributed by atoms with Gasteiger partial charge in [0.05, 0.1) is 16.5 Å². The second kappa shape index (κ2) is 3.45. The lowest BCUT2D eigenvalue weighted by molar-refractivity contribution is -0.225. The van der Waals surface area contributed by atoms with Crippen LogP contribution in [0.1, 0.15) is 33.6 Å². The molecule has 0 aromatic heterocycles. The van der Waals surface area contributed by atoms with Gasteiger partial charge in [-0.15, -0.1) is 6.58 Å². The van der Waals surface area contributed by atoms with Gasteiger partial charge in [0.15, 0.2) is 0 Å². The Labute approximate surface area is 110 Å². The van der Waals surface area contributed by atoms with Crippen molar-refractivity contribution in [3.63, 3.8) is 0 Å². The zero-order valence-corrected chi connectivity index (χ0v) is 11.8. The second-order valence-electron chi connectivity index (χ2n) is 7.21. The third-order valence-electron chi connectivity index (χ3n) is 5.44. The first-order chi connectivity index (χ1) is 8.34. The minimum absolute atomic E-state index is 0.133. The highest BCUT2D eigenvalue weighted by atomic mass is 16.1. The van der Waals surface area contributed by atoms with Gasteiger partial charge in [-0.05, 0) is 19.8 Å². The van der Waals surface area contributed by atoms with Crippen molar-refractivity contribution in [2.45, 2.75) is 39.3 Å². The highest BCUT2D eigenvalue weighted by Crippen LogP contribution is 2.52. The van der Waals surface area contributed by atoms with Gasteiger partial charge in [0.2, 0.25) is 0 Å². The van der Waals surface area contributed by atoms with Crippen LogP contribution >= 0.6 is 0 Å². The maximum Gasteiger partial charge on any atom is 0.149 e. The van der Waals surface area contributed by atoms with Crippen LogP contribution in [-0.4, -0.2) is 47.4 Å². The number of hydrogen-bond acceptors (Lipinski definition) is 3. The summed E-state index contributed by atoms with van der Waals surface area (Å²) in [6, 6.07) is 0. The predicted molar refractivity (Wildman–Crippen MR) is 72.2 cm³/mol.